The van der Waals surface area contributed by atoms with Crippen LogP contribution in [0.5, 0.6) is 5.75 Å². The van der Waals surface area contributed by atoms with E-state index in [4.69, 9.17) is 0 Å². The second kappa shape index (κ2) is 6.24. The molecule has 1 N–H and O–H groups in total. The quantitative estimate of drug-likeness (QED) is 0.938. The fraction of sp³-hybridized carbons (Fsp3) is 0.263. The van der Waals surface area contributed by atoms with Crippen LogP contribution in [0.1, 0.15) is 42.5 Å². The van der Waals surface area contributed by atoms with Crippen LogP contribution in [-0.2, 0) is 4.79 Å². The van der Waals surface area contributed by atoms with Gasteiger partial charge in [0.25, 0.3) is 0 Å². The highest BCUT2D eigenvalue weighted by Crippen LogP contribution is 2.37. The molecule has 3 rings (SSSR count). The lowest BCUT2D eigenvalue weighted by Crippen LogP contribution is -2.26. The fourth-order valence-corrected chi connectivity index (χ4v) is 2.83. The number of rotatable bonds is 3. The molecule has 0 radical (unpaired) electrons. The van der Waals surface area contributed by atoms with Gasteiger partial charge in [-0.3, -0.25) is 4.79 Å². The number of hydrazone groups is 1. The van der Waals surface area contributed by atoms with Crippen molar-refractivity contribution in [1.82, 2.24) is 5.01 Å². The lowest BCUT2D eigenvalue weighted by Gasteiger charge is -2.22. The van der Waals surface area contributed by atoms with E-state index in [1.165, 1.54) is 10.6 Å². The van der Waals surface area contributed by atoms with Crippen LogP contribution in [0.4, 0.5) is 0 Å². The molecule has 0 aliphatic carbocycles. The van der Waals surface area contributed by atoms with Crippen molar-refractivity contribution in [3.8, 4) is 5.75 Å². The topological polar surface area (TPSA) is 52.9 Å². The Morgan fingerprint density at radius 3 is 2.57 bits per heavy atom. The van der Waals surface area contributed by atoms with Gasteiger partial charge in [0.1, 0.15) is 5.75 Å². The number of hydrogen-bond acceptors (Lipinski definition) is 3. The first-order valence-corrected chi connectivity index (χ1v) is 7.84. The Bertz CT molecular complexity index is 750. The molecule has 0 saturated heterocycles. The van der Waals surface area contributed by atoms with E-state index < -0.39 is 0 Å². The molecule has 0 saturated carbocycles. The molecule has 118 valence electrons. The molecule has 1 aliphatic heterocycles. The van der Waals surface area contributed by atoms with Crippen molar-refractivity contribution < 1.29 is 9.90 Å². The van der Waals surface area contributed by atoms with Gasteiger partial charge in [-0.2, -0.15) is 5.10 Å². The molecule has 1 unspecified atom stereocenters. The maximum Gasteiger partial charge on any atom is 0.242 e. The zero-order valence-electron chi connectivity index (χ0n) is 13.4. The molecular formula is C19H20N2O2. The molecule has 2 aromatic rings. The fourth-order valence-electron chi connectivity index (χ4n) is 2.83. The van der Waals surface area contributed by atoms with Gasteiger partial charge in [-0.1, -0.05) is 55.0 Å². The van der Waals surface area contributed by atoms with Gasteiger partial charge < -0.3 is 5.11 Å². The number of aryl methyl sites for hydroxylation is 1. The third kappa shape index (κ3) is 2.97. The van der Waals surface area contributed by atoms with Crippen LogP contribution in [0.3, 0.4) is 0 Å². The number of amides is 1. The predicted molar refractivity (Wildman–Crippen MR) is 90.3 cm³/mol. The van der Waals surface area contributed by atoms with Crippen molar-refractivity contribution in [2.75, 3.05) is 0 Å². The monoisotopic (exact) mass is 308 g/mol. The summed E-state index contributed by atoms with van der Waals surface area (Å²) in [4.78, 5) is 12.3. The summed E-state index contributed by atoms with van der Waals surface area (Å²) < 4.78 is 0. The predicted octanol–water partition coefficient (Wildman–Crippen LogP) is 3.79. The number of phenols is 1. The van der Waals surface area contributed by atoms with Crippen molar-refractivity contribution in [1.29, 1.82) is 0 Å². The summed E-state index contributed by atoms with van der Waals surface area (Å²) in [6.45, 7) is 3.86. The van der Waals surface area contributed by atoms with Gasteiger partial charge in [-0.25, -0.2) is 5.01 Å². The molecule has 0 fully saturated rings. The van der Waals surface area contributed by atoms with Gasteiger partial charge >= 0.3 is 0 Å². The summed E-state index contributed by atoms with van der Waals surface area (Å²) in [6, 6.07) is 15.0. The molecule has 2 aromatic carbocycles. The number of aromatic hydroxyl groups is 1. The molecule has 1 heterocycles. The third-order valence-corrected chi connectivity index (χ3v) is 4.15. The lowest BCUT2D eigenvalue weighted by molar-refractivity contribution is -0.132. The zero-order valence-corrected chi connectivity index (χ0v) is 13.4. The van der Waals surface area contributed by atoms with Crippen molar-refractivity contribution in [3.63, 3.8) is 0 Å². The van der Waals surface area contributed by atoms with E-state index >= 15 is 0 Å². The Labute approximate surface area is 136 Å². The highest BCUT2D eigenvalue weighted by atomic mass is 16.3. The van der Waals surface area contributed by atoms with E-state index in [-0.39, 0.29) is 17.7 Å². The summed E-state index contributed by atoms with van der Waals surface area (Å²) in [5.41, 5.74) is 3.81. The summed E-state index contributed by atoms with van der Waals surface area (Å²) in [7, 11) is 0. The first kappa shape index (κ1) is 15.3. The molecule has 1 atom stereocenters. The minimum atomic E-state index is -0.250. The number of benzene rings is 2. The summed E-state index contributed by atoms with van der Waals surface area (Å²) in [5, 5.41) is 16.2. The van der Waals surface area contributed by atoms with Crippen LogP contribution in [0, 0.1) is 6.92 Å². The zero-order chi connectivity index (χ0) is 16.4. The van der Waals surface area contributed by atoms with Gasteiger partial charge in [-0.05, 0) is 18.6 Å². The first-order valence-electron chi connectivity index (χ1n) is 7.84. The lowest BCUT2D eigenvalue weighted by atomic mass is 9.97. The number of nitrogens with zero attached hydrogens (tertiary/aromatic N) is 2. The van der Waals surface area contributed by atoms with Crippen LogP contribution in [0.15, 0.2) is 53.6 Å². The van der Waals surface area contributed by atoms with Crippen molar-refractivity contribution in [2.24, 2.45) is 5.10 Å². The van der Waals surface area contributed by atoms with Crippen LogP contribution in [0.2, 0.25) is 0 Å². The molecule has 0 bridgehead atoms. The molecule has 4 nitrogen and oxygen atoms in total. The largest absolute Gasteiger partial charge is 0.508 e. The van der Waals surface area contributed by atoms with E-state index in [0.717, 1.165) is 16.8 Å². The average molecular weight is 308 g/mol. The molecule has 4 heteroatoms. The minimum absolute atomic E-state index is 0.0413. The number of carbonyl (C=O) groups excluding carboxylic acids is 1. The Hall–Kier alpha value is -2.62. The van der Waals surface area contributed by atoms with Gasteiger partial charge in [-0.15, -0.1) is 0 Å². The number of phenolic OH excluding ortho intramolecular Hbond substituents is 1. The molecular weight excluding hydrogens is 288 g/mol. The molecule has 0 aromatic heterocycles. The summed E-state index contributed by atoms with van der Waals surface area (Å²) in [6.07, 6.45) is 0.987. The first-order chi connectivity index (χ1) is 11.1. The van der Waals surface area contributed by atoms with E-state index in [2.05, 4.69) is 5.10 Å². The Morgan fingerprint density at radius 2 is 1.91 bits per heavy atom. The van der Waals surface area contributed by atoms with E-state index in [0.29, 0.717) is 12.8 Å². The number of hydrogen-bond donors (Lipinski definition) is 1. The van der Waals surface area contributed by atoms with Gasteiger partial charge in [0, 0.05) is 18.4 Å². The summed E-state index contributed by atoms with van der Waals surface area (Å²) >= 11 is 0. The Morgan fingerprint density at radius 1 is 1.22 bits per heavy atom. The van der Waals surface area contributed by atoms with E-state index in [9.17, 15) is 9.90 Å². The second-order valence-electron chi connectivity index (χ2n) is 5.78. The molecule has 1 aliphatic rings. The smallest absolute Gasteiger partial charge is 0.242 e. The van der Waals surface area contributed by atoms with Crippen LogP contribution < -0.4 is 0 Å². The van der Waals surface area contributed by atoms with E-state index in [1.54, 1.807) is 12.1 Å². The number of para-hydroxylation sites is 1. The Balaban J connectivity index is 1.97. The van der Waals surface area contributed by atoms with Crippen LogP contribution >= 0.6 is 0 Å². The maximum absolute atomic E-state index is 12.3. The normalized spacial score (nSPS) is 17.2. The molecule has 0 spiro atoms. The van der Waals surface area contributed by atoms with Crippen molar-refractivity contribution in [3.05, 3.63) is 65.2 Å². The average Bonchev–Trinajstić information content (AvgIpc) is 3.00. The van der Waals surface area contributed by atoms with Gasteiger partial charge in [0.15, 0.2) is 0 Å². The third-order valence-electron chi connectivity index (χ3n) is 4.15. The highest BCUT2D eigenvalue weighted by Gasteiger charge is 2.33. The Kier molecular flexibility index (Phi) is 4.15. The SMILES string of the molecule is CCC(=O)N1N=C(c2ccc(C)cc2)CC1c1ccccc1O. The standard InChI is InChI=1S/C19H20N2O2/c1-3-19(23)21-17(15-6-4-5-7-18(15)22)12-16(20-21)14-10-8-13(2)9-11-14/h4-11,17,22H,3,12H2,1-2H3. The van der Waals surface area contributed by atoms with Gasteiger partial charge in [0.05, 0.1) is 11.8 Å². The van der Waals surface area contributed by atoms with E-state index in [1.807, 2.05) is 50.2 Å². The van der Waals surface area contributed by atoms with Crippen LogP contribution in [-0.4, -0.2) is 21.7 Å². The second-order valence-corrected chi connectivity index (χ2v) is 5.78. The summed E-state index contributed by atoms with van der Waals surface area (Å²) in [5.74, 6) is 0.159. The molecule has 23 heavy (non-hydrogen) atoms. The van der Waals surface area contributed by atoms with Crippen molar-refractivity contribution in [2.45, 2.75) is 32.7 Å². The number of carbonyl (C=O) groups is 1. The molecule has 1 amide bonds. The van der Waals surface area contributed by atoms with Crippen LogP contribution in [0.25, 0.3) is 0 Å². The van der Waals surface area contributed by atoms with Crippen molar-refractivity contribution >= 4 is 11.6 Å². The highest BCUT2D eigenvalue weighted by molar-refractivity contribution is 6.03. The maximum atomic E-state index is 12.3. The minimum Gasteiger partial charge on any atom is -0.508 e. The van der Waals surface area contributed by atoms with Gasteiger partial charge in [0.2, 0.25) is 5.91 Å².